The van der Waals surface area contributed by atoms with Crippen LogP contribution in [0.1, 0.15) is 133 Å². The molecule has 0 aliphatic carbocycles. The van der Waals surface area contributed by atoms with Crippen molar-refractivity contribution in [2.45, 2.75) is 111 Å². The number of hydrogen-bond donors (Lipinski definition) is 0. The van der Waals surface area contributed by atoms with Crippen LogP contribution < -0.4 is 3.52 Å². The molecule has 3 radical (unpaired) electrons. The zero-order valence-corrected chi connectivity index (χ0v) is 36.7. The van der Waals surface area contributed by atoms with E-state index in [4.69, 9.17) is 13.3 Å². The van der Waals surface area contributed by atoms with Gasteiger partial charge in [0.15, 0.2) is 0 Å². The van der Waals surface area contributed by atoms with E-state index in [0.717, 1.165) is 5.69 Å². The standard InChI is InChI=1S/C47H58GeNO3Si/c1-34(2)39-32-41(44(37-28-20-14-21-29-37)38-30-22-15-23-31-38)42(33-40(39)43(35-24-16-12-17-25-35)36-26-18-13-19-27-36)49(48)53(50-45(3,4)5,51-46(6,7)8)52-47(9,10)11/h12-34,43-44H,1-11H3. The van der Waals surface area contributed by atoms with Crippen LogP contribution in [0.2, 0.25) is 0 Å². The minimum atomic E-state index is -3.75. The average molecular weight is 786 g/mol. The maximum absolute atomic E-state index is 7.21. The Hall–Kier alpha value is -3.46. The van der Waals surface area contributed by atoms with Crippen LogP contribution in [0.15, 0.2) is 133 Å². The molecule has 0 saturated carbocycles. The molecule has 6 heteroatoms. The summed E-state index contributed by atoms with van der Waals surface area (Å²) in [5, 5.41) is 0. The molecule has 4 nitrogen and oxygen atoms in total. The van der Waals surface area contributed by atoms with E-state index in [9.17, 15) is 0 Å². The van der Waals surface area contributed by atoms with Gasteiger partial charge in [-0.25, -0.2) is 0 Å². The molecule has 0 N–H and O–H groups in total. The molecule has 0 saturated heterocycles. The van der Waals surface area contributed by atoms with Crippen LogP contribution in [0.25, 0.3) is 0 Å². The fourth-order valence-corrected chi connectivity index (χ4v) is 11.5. The van der Waals surface area contributed by atoms with Gasteiger partial charge in [0.25, 0.3) is 0 Å². The van der Waals surface area contributed by atoms with E-state index in [1.54, 1.807) is 0 Å². The average Bonchev–Trinajstić information content (AvgIpc) is 3.08. The molecule has 5 aromatic carbocycles. The third-order valence-corrected chi connectivity index (χ3v) is 14.5. The molecule has 0 unspecified atom stereocenters. The summed E-state index contributed by atoms with van der Waals surface area (Å²) in [5.74, 6) is 0.170. The molecule has 0 bridgehead atoms. The van der Waals surface area contributed by atoms with Crippen molar-refractivity contribution >= 4 is 31.4 Å². The second-order valence-corrected chi connectivity index (χ2v) is 21.2. The van der Waals surface area contributed by atoms with Crippen molar-refractivity contribution in [1.29, 1.82) is 0 Å². The van der Waals surface area contributed by atoms with Crippen LogP contribution in [0.4, 0.5) is 5.69 Å². The van der Waals surface area contributed by atoms with Gasteiger partial charge in [0.2, 0.25) is 0 Å². The van der Waals surface area contributed by atoms with Gasteiger partial charge in [-0.3, -0.25) is 0 Å². The van der Waals surface area contributed by atoms with Gasteiger partial charge in [0.05, 0.1) is 0 Å². The quantitative estimate of drug-likeness (QED) is 0.0931. The van der Waals surface area contributed by atoms with E-state index in [1.165, 1.54) is 38.9 Å². The third kappa shape index (κ3) is 10.4. The fraction of sp³-hybridized carbons (Fsp3) is 0.362. The number of anilines is 1. The van der Waals surface area contributed by atoms with Gasteiger partial charge < -0.3 is 0 Å². The Bertz CT molecular complexity index is 1780. The Balaban J connectivity index is 1.95. The van der Waals surface area contributed by atoms with Gasteiger partial charge in [0, 0.05) is 0 Å². The molecule has 0 aromatic heterocycles. The van der Waals surface area contributed by atoms with Crippen molar-refractivity contribution in [1.82, 2.24) is 0 Å². The topological polar surface area (TPSA) is 30.9 Å². The molecule has 0 heterocycles. The van der Waals surface area contributed by atoms with Crippen LogP contribution in [0, 0.1) is 0 Å². The van der Waals surface area contributed by atoms with Crippen molar-refractivity contribution in [3.05, 3.63) is 172 Å². The van der Waals surface area contributed by atoms with Crippen molar-refractivity contribution < 1.29 is 13.3 Å². The molecule has 0 amide bonds. The monoisotopic (exact) mass is 786 g/mol. The number of benzene rings is 5. The predicted molar refractivity (Wildman–Crippen MR) is 225 cm³/mol. The minimum absolute atomic E-state index is 0.00503. The zero-order valence-electron chi connectivity index (χ0n) is 33.6. The van der Waals surface area contributed by atoms with E-state index in [0.29, 0.717) is 0 Å². The summed E-state index contributed by atoms with van der Waals surface area (Å²) in [6.45, 7) is 23.4. The normalized spacial score (nSPS) is 12.9. The molecular weight excluding hydrogens is 727 g/mol. The van der Waals surface area contributed by atoms with Crippen molar-refractivity contribution in [2.24, 2.45) is 0 Å². The van der Waals surface area contributed by atoms with E-state index >= 15 is 0 Å². The Kier molecular flexibility index (Phi) is 12.7. The van der Waals surface area contributed by atoms with Gasteiger partial charge in [-0.1, -0.05) is 0 Å². The van der Waals surface area contributed by atoms with Crippen LogP contribution in [0.3, 0.4) is 0 Å². The summed E-state index contributed by atoms with van der Waals surface area (Å²) in [5.41, 5.74) is 8.02. The maximum atomic E-state index is 7.21. The Morgan fingerprint density at radius 2 is 0.755 bits per heavy atom. The molecule has 0 aliphatic rings. The first-order chi connectivity index (χ1) is 24.9. The Morgan fingerprint density at radius 3 is 1.04 bits per heavy atom. The molecule has 277 valence electrons. The number of nitrogens with zero attached hydrogens (tertiary/aromatic N) is 1. The third-order valence-electron chi connectivity index (χ3n) is 8.83. The van der Waals surface area contributed by atoms with Crippen LogP contribution in [-0.2, 0) is 13.3 Å². The second-order valence-electron chi connectivity index (χ2n) is 17.2. The first-order valence-electron chi connectivity index (χ1n) is 18.9. The van der Waals surface area contributed by atoms with E-state index in [-0.39, 0.29) is 17.8 Å². The molecule has 0 spiro atoms. The summed E-state index contributed by atoms with van der Waals surface area (Å²) in [7, 11) is -3.75. The number of hydrogen-bond acceptors (Lipinski definition) is 4. The Labute approximate surface area is 329 Å². The summed E-state index contributed by atoms with van der Waals surface area (Å²) in [6.07, 6.45) is 0. The van der Waals surface area contributed by atoms with Crippen LogP contribution in [0.5, 0.6) is 0 Å². The van der Waals surface area contributed by atoms with Crippen molar-refractivity contribution in [3.8, 4) is 0 Å². The molecule has 53 heavy (non-hydrogen) atoms. The first-order valence-corrected chi connectivity index (χ1v) is 21.5. The molecule has 5 aromatic rings. The Morgan fingerprint density at radius 1 is 0.453 bits per heavy atom. The van der Waals surface area contributed by atoms with Gasteiger partial charge >= 0.3 is 331 Å². The van der Waals surface area contributed by atoms with E-state index in [2.05, 4.69) is 230 Å². The van der Waals surface area contributed by atoms with Gasteiger partial charge in [-0.05, 0) is 0 Å². The fourth-order valence-electron chi connectivity index (χ4n) is 7.01. The van der Waals surface area contributed by atoms with E-state index in [1.807, 2.05) is 0 Å². The summed E-state index contributed by atoms with van der Waals surface area (Å²) < 4.78 is 23.9. The molecule has 0 atom stereocenters. The van der Waals surface area contributed by atoms with Gasteiger partial charge in [0.1, 0.15) is 0 Å². The molecule has 0 fully saturated rings. The van der Waals surface area contributed by atoms with Crippen LogP contribution in [-0.4, -0.2) is 42.5 Å². The molecular formula is C47H58GeNO3Si. The van der Waals surface area contributed by atoms with Crippen LogP contribution >= 0.6 is 0 Å². The predicted octanol–water partition coefficient (Wildman–Crippen LogP) is 11.9. The zero-order chi connectivity index (χ0) is 38.6. The summed E-state index contributed by atoms with van der Waals surface area (Å²) in [4.78, 5) is 0. The number of rotatable bonds is 12. The summed E-state index contributed by atoms with van der Waals surface area (Å²) in [6, 6.07) is 48.4. The first kappa shape index (κ1) is 40.7. The van der Waals surface area contributed by atoms with Crippen molar-refractivity contribution in [3.63, 3.8) is 0 Å². The van der Waals surface area contributed by atoms with Gasteiger partial charge in [-0.15, -0.1) is 0 Å². The molecule has 0 aliphatic heterocycles. The van der Waals surface area contributed by atoms with E-state index < -0.39 is 25.8 Å². The second kappa shape index (κ2) is 16.5. The van der Waals surface area contributed by atoms with Crippen molar-refractivity contribution in [2.75, 3.05) is 3.52 Å². The summed E-state index contributed by atoms with van der Waals surface area (Å²) >= 11 is 2.13. The molecule has 5 rings (SSSR count). The SMILES string of the molecule is CC(C)c1cc(C(c2ccccc2)c2ccccc2)c([N]([Ge])[Si](OC(C)(C)C)(OC(C)(C)C)OC(C)(C)C)cc1C(c1ccccc1)c1ccccc1. The van der Waals surface area contributed by atoms with Gasteiger partial charge in [-0.2, -0.15) is 0 Å².